The number of fused-ring (bicyclic) bond motifs is 1. The van der Waals surface area contributed by atoms with Gasteiger partial charge in [-0.1, -0.05) is 12.1 Å². The number of carbonyl (C=O) groups excluding carboxylic acids is 1. The van der Waals surface area contributed by atoms with Gasteiger partial charge >= 0.3 is 0 Å². The summed E-state index contributed by atoms with van der Waals surface area (Å²) in [6, 6.07) is 7.57. The molecule has 0 bridgehead atoms. The molecule has 16 heavy (non-hydrogen) atoms. The van der Waals surface area contributed by atoms with E-state index in [-0.39, 0.29) is 5.91 Å². The highest BCUT2D eigenvalue weighted by atomic mass is 16.4. The minimum absolute atomic E-state index is 0.000874. The van der Waals surface area contributed by atoms with E-state index < -0.39 is 5.41 Å². The van der Waals surface area contributed by atoms with E-state index >= 15 is 0 Å². The molecule has 1 aliphatic rings. The quantitative estimate of drug-likeness (QED) is 0.829. The van der Waals surface area contributed by atoms with E-state index in [1.54, 1.807) is 7.05 Å². The summed E-state index contributed by atoms with van der Waals surface area (Å²) < 4.78 is 5.65. The fourth-order valence-electron chi connectivity index (χ4n) is 1.98. The topological polar surface area (TPSA) is 55.1 Å². The zero-order chi connectivity index (χ0) is 11.2. The van der Waals surface area contributed by atoms with E-state index in [1.807, 2.05) is 24.3 Å². The van der Waals surface area contributed by atoms with Crippen molar-refractivity contribution in [2.45, 2.75) is 18.3 Å². The molecule has 1 heterocycles. The first-order valence-corrected chi connectivity index (χ1v) is 5.34. The van der Waals surface area contributed by atoms with Crippen molar-refractivity contribution >= 4 is 17.0 Å². The lowest BCUT2D eigenvalue weighted by Gasteiger charge is -2.07. The molecular weight excluding hydrogens is 204 g/mol. The van der Waals surface area contributed by atoms with Crippen molar-refractivity contribution in [3.05, 3.63) is 30.2 Å². The molecule has 0 unspecified atom stereocenters. The third kappa shape index (κ3) is 1.16. The van der Waals surface area contributed by atoms with Crippen LogP contribution in [0.1, 0.15) is 18.7 Å². The molecule has 1 aromatic carbocycles. The maximum absolute atomic E-state index is 11.8. The van der Waals surface area contributed by atoms with Crippen LogP contribution in [0.25, 0.3) is 11.1 Å². The zero-order valence-electron chi connectivity index (χ0n) is 8.99. The van der Waals surface area contributed by atoms with Crippen molar-refractivity contribution in [2.75, 3.05) is 7.05 Å². The molecule has 2 aromatic rings. The van der Waals surface area contributed by atoms with Crippen LogP contribution in [0.4, 0.5) is 0 Å². The van der Waals surface area contributed by atoms with Crippen LogP contribution in [0.3, 0.4) is 0 Å². The van der Waals surface area contributed by atoms with Crippen LogP contribution in [0.5, 0.6) is 0 Å². The Morgan fingerprint density at radius 3 is 2.81 bits per heavy atom. The smallest absolute Gasteiger partial charge is 0.235 e. The highest BCUT2D eigenvalue weighted by molar-refractivity contribution is 5.90. The lowest BCUT2D eigenvalue weighted by molar-refractivity contribution is -0.123. The number of nitrogens with one attached hydrogen (secondary N) is 1. The molecule has 0 atom stereocenters. The van der Waals surface area contributed by atoms with Crippen LogP contribution in [-0.4, -0.2) is 17.9 Å². The van der Waals surface area contributed by atoms with Crippen LogP contribution in [0.15, 0.2) is 28.7 Å². The van der Waals surface area contributed by atoms with Crippen LogP contribution < -0.4 is 5.32 Å². The summed E-state index contributed by atoms with van der Waals surface area (Å²) in [5.41, 5.74) is 1.05. The SMILES string of the molecule is CNC(=O)C1(c2nc3ccccc3o2)CC1. The molecule has 3 rings (SSSR count). The number of amides is 1. The summed E-state index contributed by atoms with van der Waals surface area (Å²) in [7, 11) is 1.64. The van der Waals surface area contributed by atoms with Crippen molar-refractivity contribution in [3.63, 3.8) is 0 Å². The molecule has 1 saturated carbocycles. The van der Waals surface area contributed by atoms with Gasteiger partial charge in [-0.25, -0.2) is 4.98 Å². The van der Waals surface area contributed by atoms with Gasteiger partial charge in [0.25, 0.3) is 0 Å². The molecule has 0 aliphatic heterocycles. The largest absolute Gasteiger partial charge is 0.440 e. The summed E-state index contributed by atoms with van der Waals surface area (Å²) in [6.07, 6.45) is 1.64. The number of likely N-dealkylation sites (N-methyl/N-ethyl adjacent to an activating group) is 1. The maximum Gasteiger partial charge on any atom is 0.235 e. The normalized spacial score (nSPS) is 17.3. The first-order valence-electron chi connectivity index (χ1n) is 5.34. The lowest BCUT2D eigenvalue weighted by atomic mass is 10.1. The Morgan fingerprint density at radius 2 is 2.19 bits per heavy atom. The third-order valence-corrected chi connectivity index (χ3v) is 3.11. The molecule has 1 aliphatic carbocycles. The monoisotopic (exact) mass is 216 g/mol. The highest BCUT2D eigenvalue weighted by Crippen LogP contribution is 2.48. The Balaban J connectivity index is 2.10. The van der Waals surface area contributed by atoms with E-state index in [9.17, 15) is 4.79 Å². The summed E-state index contributed by atoms with van der Waals surface area (Å²) in [5, 5.41) is 2.67. The first kappa shape index (κ1) is 9.39. The van der Waals surface area contributed by atoms with Crippen LogP contribution in [0.2, 0.25) is 0 Å². The highest BCUT2D eigenvalue weighted by Gasteiger charge is 2.55. The predicted octanol–water partition coefficient (Wildman–Crippen LogP) is 1.61. The molecular formula is C12H12N2O2. The number of carbonyl (C=O) groups is 1. The molecule has 1 amide bonds. The van der Waals surface area contributed by atoms with Crippen molar-refractivity contribution in [1.29, 1.82) is 0 Å². The minimum Gasteiger partial charge on any atom is -0.440 e. The fraction of sp³-hybridized carbons (Fsp3) is 0.333. The zero-order valence-corrected chi connectivity index (χ0v) is 8.99. The molecule has 82 valence electrons. The van der Waals surface area contributed by atoms with E-state index in [2.05, 4.69) is 10.3 Å². The number of hydrogen-bond donors (Lipinski definition) is 1. The Hall–Kier alpha value is -1.84. The second kappa shape index (κ2) is 3.07. The van der Waals surface area contributed by atoms with Crippen molar-refractivity contribution in [2.24, 2.45) is 0 Å². The summed E-state index contributed by atoms with van der Waals surface area (Å²) in [6.45, 7) is 0. The van der Waals surface area contributed by atoms with Gasteiger partial charge in [-0.05, 0) is 25.0 Å². The number of benzene rings is 1. The number of para-hydroxylation sites is 2. The molecule has 0 radical (unpaired) electrons. The van der Waals surface area contributed by atoms with E-state index in [1.165, 1.54) is 0 Å². The van der Waals surface area contributed by atoms with Crippen molar-refractivity contribution < 1.29 is 9.21 Å². The van der Waals surface area contributed by atoms with Gasteiger partial charge in [0.15, 0.2) is 5.58 Å². The third-order valence-electron chi connectivity index (χ3n) is 3.11. The number of oxazole rings is 1. The second-order valence-electron chi connectivity index (χ2n) is 4.15. The Bertz CT molecular complexity index is 522. The molecule has 1 aromatic heterocycles. The number of aromatic nitrogens is 1. The first-order chi connectivity index (χ1) is 7.76. The van der Waals surface area contributed by atoms with Crippen LogP contribution in [0, 0.1) is 0 Å². The van der Waals surface area contributed by atoms with Crippen LogP contribution >= 0.6 is 0 Å². The fourth-order valence-corrected chi connectivity index (χ4v) is 1.98. The second-order valence-corrected chi connectivity index (χ2v) is 4.15. The molecule has 0 spiro atoms. The predicted molar refractivity (Wildman–Crippen MR) is 59.0 cm³/mol. The van der Waals surface area contributed by atoms with Gasteiger partial charge in [0, 0.05) is 7.05 Å². The van der Waals surface area contributed by atoms with E-state index in [0.29, 0.717) is 5.89 Å². The van der Waals surface area contributed by atoms with Gasteiger partial charge < -0.3 is 9.73 Å². The van der Waals surface area contributed by atoms with Gasteiger partial charge in [0.2, 0.25) is 11.8 Å². The van der Waals surface area contributed by atoms with Gasteiger partial charge in [-0.2, -0.15) is 0 Å². The molecule has 4 nitrogen and oxygen atoms in total. The van der Waals surface area contributed by atoms with Gasteiger partial charge in [0.1, 0.15) is 10.9 Å². The number of hydrogen-bond acceptors (Lipinski definition) is 3. The maximum atomic E-state index is 11.8. The Kier molecular flexibility index (Phi) is 1.80. The summed E-state index contributed by atoms with van der Waals surface area (Å²) in [4.78, 5) is 16.2. The van der Waals surface area contributed by atoms with Gasteiger partial charge in [-0.15, -0.1) is 0 Å². The van der Waals surface area contributed by atoms with Gasteiger partial charge in [-0.3, -0.25) is 4.79 Å². The number of nitrogens with zero attached hydrogens (tertiary/aromatic N) is 1. The molecule has 4 heteroatoms. The van der Waals surface area contributed by atoms with Gasteiger partial charge in [0.05, 0.1) is 0 Å². The van der Waals surface area contributed by atoms with E-state index in [0.717, 1.165) is 23.9 Å². The number of rotatable bonds is 2. The van der Waals surface area contributed by atoms with Crippen molar-refractivity contribution in [3.8, 4) is 0 Å². The standard InChI is InChI=1S/C12H12N2O2/c1-13-10(15)12(6-7-12)11-14-8-4-2-3-5-9(8)16-11/h2-5H,6-7H2,1H3,(H,13,15). The average molecular weight is 216 g/mol. The molecule has 1 fully saturated rings. The molecule has 0 saturated heterocycles. The van der Waals surface area contributed by atoms with E-state index in [4.69, 9.17) is 4.42 Å². The van der Waals surface area contributed by atoms with Crippen LogP contribution in [-0.2, 0) is 10.2 Å². The summed E-state index contributed by atoms with van der Waals surface area (Å²) in [5.74, 6) is 0.548. The van der Waals surface area contributed by atoms with Crippen molar-refractivity contribution in [1.82, 2.24) is 10.3 Å². The lowest BCUT2D eigenvalue weighted by Crippen LogP contribution is -2.32. The molecule has 1 N–H and O–H groups in total. The minimum atomic E-state index is -0.506. The average Bonchev–Trinajstić information content (AvgIpc) is 3.01. The Morgan fingerprint density at radius 1 is 1.44 bits per heavy atom. The Labute approximate surface area is 92.7 Å². The summed E-state index contributed by atoms with van der Waals surface area (Å²) >= 11 is 0.